The molecule has 2 aromatic carbocycles. The lowest BCUT2D eigenvalue weighted by Gasteiger charge is -2.27. The Kier molecular flexibility index (Phi) is 7.64. The van der Waals surface area contributed by atoms with Gasteiger partial charge in [-0.25, -0.2) is 4.79 Å². The number of alkyl carbamates (subject to hydrolysis) is 1. The molecule has 6 heteroatoms. The average Bonchev–Trinajstić information content (AvgIpc) is 2.69. The van der Waals surface area contributed by atoms with Crippen molar-refractivity contribution in [3.8, 4) is 0 Å². The highest BCUT2D eigenvalue weighted by Gasteiger charge is 2.32. The van der Waals surface area contributed by atoms with Gasteiger partial charge in [0.1, 0.15) is 6.04 Å². The SMILES string of the molecule is CNCCNC(=O)C(NC(=O)OC)C(c1ccccc1)c1ccccc1. The molecule has 2 amide bonds. The maximum atomic E-state index is 12.8. The van der Waals surface area contributed by atoms with Crippen LogP contribution in [0.1, 0.15) is 17.0 Å². The molecule has 1 atom stereocenters. The lowest BCUT2D eigenvalue weighted by atomic mass is 9.84. The predicted molar refractivity (Wildman–Crippen MR) is 101 cm³/mol. The topological polar surface area (TPSA) is 79.5 Å². The van der Waals surface area contributed by atoms with Crippen molar-refractivity contribution >= 4 is 12.0 Å². The molecular weight excluding hydrogens is 330 g/mol. The van der Waals surface area contributed by atoms with Gasteiger partial charge in [0.15, 0.2) is 0 Å². The van der Waals surface area contributed by atoms with Crippen LogP contribution in [0.2, 0.25) is 0 Å². The smallest absolute Gasteiger partial charge is 0.407 e. The van der Waals surface area contributed by atoms with E-state index in [9.17, 15) is 9.59 Å². The third-order valence-corrected chi connectivity index (χ3v) is 4.07. The van der Waals surface area contributed by atoms with Crippen molar-refractivity contribution in [2.24, 2.45) is 0 Å². The van der Waals surface area contributed by atoms with E-state index in [4.69, 9.17) is 4.74 Å². The Labute approximate surface area is 153 Å². The summed E-state index contributed by atoms with van der Waals surface area (Å²) in [5.74, 6) is -0.602. The minimum atomic E-state index is -0.802. The minimum Gasteiger partial charge on any atom is -0.453 e. The molecule has 138 valence electrons. The monoisotopic (exact) mass is 355 g/mol. The molecule has 0 aromatic heterocycles. The first-order valence-electron chi connectivity index (χ1n) is 8.54. The highest BCUT2D eigenvalue weighted by atomic mass is 16.5. The van der Waals surface area contributed by atoms with E-state index in [1.165, 1.54) is 7.11 Å². The molecule has 3 N–H and O–H groups in total. The lowest BCUT2D eigenvalue weighted by Crippen LogP contribution is -2.51. The van der Waals surface area contributed by atoms with E-state index in [0.29, 0.717) is 13.1 Å². The van der Waals surface area contributed by atoms with E-state index in [1.54, 1.807) is 0 Å². The first-order chi connectivity index (χ1) is 12.7. The molecule has 0 spiro atoms. The van der Waals surface area contributed by atoms with Crippen LogP contribution in [0, 0.1) is 0 Å². The van der Waals surface area contributed by atoms with Gasteiger partial charge in [0.25, 0.3) is 0 Å². The molecule has 0 saturated carbocycles. The van der Waals surface area contributed by atoms with Crippen molar-refractivity contribution in [1.82, 2.24) is 16.0 Å². The fourth-order valence-electron chi connectivity index (χ4n) is 2.80. The molecular formula is C20H25N3O3. The molecule has 2 rings (SSSR count). The zero-order valence-corrected chi connectivity index (χ0v) is 15.1. The number of rotatable bonds is 8. The zero-order chi connectivity index (χ0) is 18.8. The number of hydrogen-bond acceptors (Lipinski definition) is 4. The highest BCUT2D eigenvalue weighted by molar-refractivity contribution is 5.87. The van der Waals surface area contributed by atoms with Crippen molar-refractivity contribution in [1.29, 1.82) is 0 Å². The van der Waals surface area contributed by atoms with Gasteiger partial charge in [-0.3, -0.25) is 4.79 Å². The van der Waals surface area contributed by atoms with Crippen LogP contribution in [-0.4, -0.2) is 45.3 Å². The Morgan fingerprint density at radius 2 is 1.46 bits per heavy atom. The van der Waals surface area contributed by atoms with Gasteiger partial charge in [0.05, 0.1) is 7.11 Å². The second kappa shape index (κ2) is 10.2. The molecule has 26 heavy (non-hydrogen) atoms. The van der Waals surface area contributed by atoms with E-state index >= 15 is 0 Å². The van der Waals surface area contributed by atoms with Crippen molar-refractivity contribution in [3.63, 3.8) is 0 Å². The lowest BCUT2D eigenvalue weighted by molar-refractivity contribution is -0.123. The van der Waals surface area contributed by atoms with Crippen molar-refractivity contribution in [3.05, 3.63) is 71.8 Å². The summed E-state index contributed by atoms with van der Waals surface area (Å²) < 4.78 is 4.74. The molecule has 0 aliphatic rings. The maximum absolute atomic E-state index is 12.8. The maximum Gasteiger partial charge on any atom is 0.407 e. The molecule has 6 nitrogen and oxygen atoms in total. The standard InChI is InChI=1S/C20H25N3O3/c1-21-13-14-22-19(24)18(23-20(25)26-2)17(15-9-5-3-6-10-15)16-11-7-4-8-12-16/h3-12,17-18,21H,13-14H2,1-2H3,(H,22,24)(H,23,25). The third-order valence-electron chi connectivity index (χ3n) is 4.07. The summed E-state index contributed by atoms with van der Waals surface area (Å²) >= 11 is 0. The molecule has 0 bridgehead atoms. The quantitative estimate of drug-likeness (QED) is 0.632. The number of likely N-dealkylation sites (N-methyl/N-ethyl adjacent to an activating group) is 1. The Hall–Kier alpha value is -2.86. The fraction of sp³-hybridized carbons (Fsp3) is 0.300. The van der Waals surface area contributed by atoms with E-state index in [1.807, 2.05) is 67.7 Å². The van der Waals surface area contributed by atoms with Gasteiger partial charge < -0.3 is 20.7 Å². The van der Waals surface area contributed by atoms with Crippen molar-refractivity contribution in [2.75, 3.05) is 27.2 Å². The van der Waals surface area contributed by atoms with Crippen molar-refractivity contribution in [2.45, 2.75) is 12.0 Å². The summed E-state index contributed by atoms with van der Waals surface area (Å²) in [5, 5.41) is 8.54. The normalized spacial score (nSPS) is 11.7. The number of nitrogens with one attached hydrogen (secondary N) is 3. The van der Waals surface area contributed by atoms with Crippen LogP contribution in [0.25, 0.3) is 0 Å². The number of benzene rings is 2. The third kappa shape index (κ3) is 5.32. The second-order valence-electron chi connectivity index (χ2n) is 5.81. The number of methoxy groups -OCH3 is 1. The summed E-state index contributed by atoms with van der Waals surface area (Å²) in [6.45, 7) is 1.10. The van der Waals surface area contributed by atoms with Crippen LogP contribution < -0.4 is 16.0 Å². The summed E-state index contributed by atoms with van der Waals surface area (Å²) in [7, 11) is 3.10. The van der Waals surface area contributed by atoms with Crippen molar-refractivity contribution < 1.29 is 14.3 Å². The van der Waals surface area contributed by atoms with Crippen LogP contribution in [-0.2, 0) is 9.53 Å². The van der Waals surface area contributed by atoms with Crippen LogP contribution in [0.15, 0.2) is 60.7 Å². The Bertz CT molecular complexity index is 652. The molecule has 0 saturated heterocycles. The predicted octanol–water partition coefficient (Wildman–Crippen LogP) is 1.88. The van der Waals surface area contributed by atoms with Gasteiger partial charge in [0, 0.05) is 19.0 Å². The van der Waals surface area contributed by atoms with E-state index in [0.717, 1.165) is 11.1 Å². The molecule has 0 radical (unpaired) electrons. The second-order valence-corrected chi connectivity index (χ2v) is 5.81. The first kappa shape index (κ1) is 19.5. The van der Waals surface area contributed by atoms with Crippen LogP contribution in [0.4, 0.5) is 4.79 Å². The zero-order valence-electron chi connectivity index (χ0n) is 15.1. The van der Waals surface area contributed by atoms with E-state index < -0.39 is 12.1 Å². The van der Waals surface area contributed by atoms with Gasteiger partial charge in [-0.1, -0.05) is 60.7 Å². The van der Waals surface area contributed by atoms with E-state index in [-0.39, 0.29) is 11.8 Å². The Morgan fingerprint density at radius 3 is 1.92 bits per heavy atom. The summed E-state index contributed by atoms with van der Waals surface area (Å²) in [6.07, 6.45) is -0.643. The minimum absolute atomic E-state index is 0.261. The molecule has 1 unspecified atom stereocenters. The molecule has 0 heterocycles. The molecule has 2 aromatic rings. The van der Waals surface area contributed by atoms with E-state index in [2.05, 4.69) is 16.0 Å². The van der Waals surface area contributed by atoms with Gasteiger partial charge in [0.2, 0.25) is 5.91 Å². The Morgan fingerprint density at radius 1 is 0.923 bits per heavy atom. The number of carbonyl (C=O) groups is 2. The number of carbonyl (C=O) groups excluding carboxylic acids is 2. The molecule has 0 aliphatic heterocycles. The number of amides is 2. The highest BCUT2D eigenvalue weighted by Crippen LogP contribution is 2.28. The summed E-state index contributed by atoms with van der Waals surface area (Å²) in [6, 6.07) is 18.5. The number of hydrogen-bond donors (Lipinski definition) is 3. The average molecular weight is 355 g/mol. The summed E-state index contributed by atoms with van der Waals surface area (Å²) in [5.41, 5.74) is 1.87. The summed E-state index contributed by atoms with van der Waals surface area (Å²) in [4.78, 5) is 24.7. The van der Waals surface area contributed by atoms with Gasteiger partial charge in [-0.15, -0.1) is 0 Å². The largest absolute Gasteiger partial charge is 0.453 e. The van der Waals surface area contributed by atoms with Gasteiger partial charge >= 0.3 is 6.09 Å². The molecule has 0 aliphatic carbocycles. The fourth-order valence-corrected chi connectivity index (χ4v) is 2.80. The van der Waals surface area contributed by atoms with Gasteiger partial charge in [-0.2, -0.15) is 0 Å². The number of ether oxygens (including phenoxy) is 1. The van der Waals surface area contributed by atoms with Crippen LogP contribution >= 0.6 is 0 Å². The van der Waals surface area contributed by atoms with Crippen LogP contribution in [0.5, 0.6) is 0 Å². The Balaban J connectivity index is 2.39. The first-order valence-corrected chi connectivity index (χ1v) is 8.54. The van der Waals surface area contributed by atoms with Gasteiger partial charge in [-0.05, 0) is 18.2 Å². The van der Waals surface area contributed by atoms with Crippen LogP contribution in [0.3, 0.4) is 0 Å². The molecule has 0 fully saturated rings.